The standard InChI is InChI=1S/C19H25NO/c1-5-19(3,4)16-8-11-18(21)15(12-16)13-20-17-9-6-14(2)7-10-17/h6-12,20-21H,5,13H2,1-4H3. The summed E-state index contributed by atoms with van der Waals surface area (Å²) in [4.78, 5) is 0. The van der Waals surface area contributed by atoms with Gasteiger partial charge >= 0.3 is 0 Å². The lowest BCUT2D eigenvalue weighted by Crippen LogP contribution is -2.16. The second-order valence-corrected chi connectivity index (χ2v) is 6.30. The maximum atomic E-state index is 10.1. The van der Waals surface area contributed by atoms with Crippen LogP contribution in [0.4, 0.5) is 5.69 Å². The van der Waals surface area contributed by atoms with Gasteiger partial charge in [0.1, 0.15) is 5.75 Å². The van der Waals surface area contributed by atoms with Gasteiger partial charge in [-0.25, -0.2) is 0 Å². The number of phenols is 1. The van der Waals surface area contributed by atoms with Crippen molar-refractivity contribution in [3.63, 3.8) is 0 Å². The van der Waals surface area contributed by atoms with Crippen molar-refractivity contribution < 1.29 is 5.11 Å². The average molecular weight is 283 g/mol. The molecular weight excluding hydrogens is 258 g/mol. The maximum absolute atomic E-state index is 10.1. The van der Waals surface area contributed by atoms with E-state index in [-0.39, 0.29) is 5.41 Å². The second kappa shape index (κ2) is 6.21. The minimum Gasteiger partial charge on any atom is -0.508 e. The van der Waals surface area contributed by atoms with Crippen molar-refractivity contribution in [2.45, 2.75) is 46.1 Å². The number of hydrogen-bond acceptors (Lipinski definition) is 2. The number of aryl methyl sites for hydroxylation is 1. The molecule has 0 saturated carbocycles. The van der Waals surface area contributed by atoms with E-state index in [1.807, 2.05) is 6.07 Å². The third-order valence-corrected chi connectivity index (χ3v) is 4.28. The van der Waals surface area contributed by atoms with Gasteiger partial charge < -0.3 is 10.4 Å². The number of nitrogens with one attached hydrogen (secondary N) is 1. The Labute approximate surface area is 127 Å². The highest BCUT2D eigenvalue weighted by molar-refractivity contribution is 5.47. The van der Waals surface area contributed by atoms with Crippen molar-refractivity contribution in [3.05, 3.63) is 59.2 Å². The maximum Gasteiger partial charge on any atom is 0.120 e. The molecule has 0 unspecified atom stereocenters. The van der Waals surface area contributed by atoms with Crippen LogP contribution in [0.2, 0.25) is 0 Å². The van der Waals surface area contributed by atoms with Crippen LogP contribution in [0.1, 0.15) is 43.9 Å². The molecule has 0 aliphatic heterocycles. The SMILES string of the molecule is CCC(C)(C)c1ccc(O)c(CNc2ccc(C)cc2)c1. The number of benzene rings is 2. The van der Waals surface area contributed by atoms with Crippen molar-refractivity contribution in [3.8, 4) is 5.75 Å². The zero-order valence-corrected chi connectivity index (χ0v) is 13.4. The van der Waals surface area contributed by atoms with Crippen LogP contribution < -0.4 is 5.32 Å². The largest absolute Gasteiger partial charge is 0.508 e. The molecule has 0 aliphatic carbocycles. The van der Waals surface area contributed by atoms with E-state index in [4.69, 9.17) is 0 Å². The highest BCUT2D eigenvalue weighted by atomic mass is 16.3. The van der Waals surface area contributed by atoms with Gasteiger partial charge in [-0.05, 0) is 48.6 Å². The Hall–Kier alpha value is -1.96. The van der Waals surface area contributed by atoms with Crippen molar-refractivity contribution in [2.24, 2.45) is 0 Å². The molecule has 0 atom stereocenters. The van der Waals surface area contributed by atoms with Gasteiger partial charge in [-0.2, -0.15) is 0 Å². The van der Waals surface area contributed by atoms with Crippen LogP contribution >= 0.6 is 0 Å². The lowest BCUT2D eigenvalue weighted by molar-refractivity contribution is 0.465. The average Bonchev–Trinajstić information content (AvgIpc) is 2.48. The van der Waals surface area contributed by atoms with Gasteiger partial charge in [-0.3, -0.25) is 0 Å². The Morgan fingerprint density at radius 3 is 2.33 bits per heavy atom. The molecule has 2 heteroatoms. The summed E-state index contributed by atoms with van der Waals surface area (Å²) in [7, 11) is 0. The fourth-order valence-corrected chi connectivity index (χ4v) is 2.22. The van der Waals surface area contributed by atoms with Crippen molar-refractivity contribution in [1.82, 2.24) is 0 Å². The number of hydrogen-bond donors (Lipinski definition) is 2. The molecule has 0 fully saturated rings. The van der Waals surface area contributed by atoms with Crippen LogP contribution in [-0.4, -0.2) is 5.11 Å². The zero-order chi connectivity index (χ0) is 15.5. The van der Waals surface area contributed by atoms with E-state index in [0.717, 1.165) is 17.7 Å². The van der Waals surface area contributed by atoms with E-state index in [0.29, 0.717) is 12.3 Å². The topological polar surface area (TPSA) is 32.3 Å². The lowest BCUT2D eigenvalue weighted by atomic mass is 9.81. The predicted molar refractivity (Wildman–Crippen MR) is 89.9 cm³/mol. The fourth-order valence-electron chi connectivity index (χ4n) is 2.22. The molecule has 0 bridgehead atoms. The van der Waals surface area contributed by atoms with E-state index in [9.17, 15) is 5.11 Å². The van der Waals surface area contributed by atoms with Crippen LogP contribution in [-0.2, 0) is 12.0 Å². The summed E-state index contributed by atoms with van der Waals surface area (Å²) in [6, 6.07) is 14.2. The first-order valence-corrected chi connectivity index (χ1v) is 7.55. The van der Waals surface area contributed by atoms with E-state index in [1.54, 1.807) is 6.07 Å². The highest BCUT2D eigenvalue weighted by Crippen LogP contribution is 2.30. The van der Waals surface area contributed by atoms with Gasteiger partial charge in [0.25, 0.3) is 0 Å². The predicted octanol–water partition coefficient (Wildman–Crippen LogP) is 5.00. The zero-order valence-electron chi connectivity index (χ0n) is 13.4. The van der Waals surface area contributed by atoms with Gasteiger partial charge in [0.2, 0.25) is 0 Å². The van der Waals surface area contributed by atoms with Gasteiger partial charge in [-0.1, -0.05) is 44.5 Å². The molecule has 2 aromatic rings. The van der Waals surface area contributed by atoms with Crippen molar-refractivity contribution in [1.29, 1.82) is 0 Å². The molecule has 2 aromatic carbocycles. The Bertz CT molecular complexity index is 599. The smallest absolute Gasteiger partial charge is 0.120 e. The molecule has 2 nitrogen and oxygen atoms in total. The third kappa shape index (κ3) is 3.78. The van der Waals surface area contributed by atoms with Crippen molar-refractivity contribution in [2.75, 3.05) is 5.32 Å². The van der Waals surface area contributed by atoms with Crippen molar-refractivity contribution >= 4 is 5.69 Å². The number of aromatic hydroxyl groups is 1. The lowest BCUT2D eigenvalue weighted by Gasteiger charge is -2.24. The normalized spacial score (nSPS) is 11.4. The van der Waals surface area contributed by atoms with Gasteiger partial charge in [-0.15, -0.1) is 0 Å². The summed E-state index contributed by atoms with van der Waals surface area (Å²) in [5, 5.41) is 13.4. The quantitative estimate of drug-likeness (QED) is 0.809. The Balaban J connectivity index is 2.16. The summed E-state index contributed by atoms with van der Waals surface area (Å²) >= 11 is 0. The Morgan fingerprint density at radius 1 is 1.05 bits per heavy atom. The van der Waals surface area contributed by atoms with Crippen LogP contribution in [0.3, 0.4) is 0 Å². The van der Waals surface area contributed by atoms with E-state index >= 15 is 0 Å². The monoisotopic (exact) mass is 283 g/mol. The minimum absolute atomic E-state index is 0.131. The number of rotatable bonds is 5. The molecule has 2 rings (SSSR count). The second-order valence-electron chi connectivity index (χ2n) is 6.30. The third-order valence-electron chi connectivity index (χ3n) is 4.28. The van der Waals surface area contributed by atoms with Gasteiger partial charge in [0, 0.05) is 17.8 Å². The molecule has 0 heterocycles. The van der Waals surface area contributed by atoms with E-state index < -0.39 is 0 Å². The molecule has 0 amide bonds. The Kier molecular flexibility index (Phi) is 4.56. The Morgan fingerprint density at radius 2 is 1.71 bits per heavy atom. The van der Waals surface area contributed by atoms with Crippen LogP contribution in [0, 0.1) is 6.92 Å². The van der Waals surface area contributed by atoms with Crippen LogP contribution in [0.25, 0.3) is 0 Å². The minimum atomic E-state index is 0.131. The van der Waals surface area contributed by atoms with Crippen LogP contribution in [0.5, 0.6) is 5.75 Å². The molecule has 2 N–H and O–H groups in total. The molecule has 0 spiro atoms. The molecular formula is C19H25NO. The molecule has 112 valence electrons. The highest BCUT2D eigenvalue weighted by Gasteiger charge is 2.19. The fraction of sp³-hybridized carbons (Fsp3) is 0.368. The van der Waals surface area contributed by atoms with Gasteiger partial charge in [0.05, 0.1) is 0 Å². The first-order valence-electron chi connectivity index (χ1n) is 7.55. The summed E-state index contributed by atoms with van der Waals surface area (Å²) in [5.41, 5.74) is 4.65. The molecule has 0 radical (unpaired) electrons. The van der Waals surface area contributed by atoms with E-state index in [1.165, 1.54) is 11.1 Å². The summed E-state index contributed by atoms with van der Waals surface area (Å²) in [5.74, 6) is 0.352. The number of anilines is 1. The van der Waals surface area contributed by atoms with Gasteiger partial charge in [0.15, 0.2) is 0 Å². The van der Waals surface area contributed by atoms with E-state index in [2.05, 4.69) is 63.3 Å². The summed E-state index contributed by atoms with van der Waals surface area (Å²) < 4.78 is 0. The molecule has 0 saturated heterocycles. The van der Waals surface area contributed by atoms with Crippen LogP contribution in [0.15, 0.2) is 42.5 Å². The molecule has 0 aliphatic rings. The summed E-state index contributed by atoms with van der Waals surface area (Å²) in [6.07, 6.45) is 1.07. The molecule has 21 heavy (non-hydrogen) atoms. The number of phenolic OH excluding ortho intramolecular Hbond substituents is 1. The molecule has 0 aromatic heterocycles. The summed E-state index contributed by atoms with van der Waals surface area (Å²) in [6.45, 7) is 9.36. The first kappa shape index (κ1) is 15.4. The first-order chi connectivity index (χ1) is 9.92.